The number of rotatable bonds is 5. The lowest BCUT2D eigenvalue weighted by Gasteiger charge is -2.49. The van der Waals surface area contributed by atoms with Crippen molar-refractivity contribution in [1.82, 2.24) is 10.2 Å². The molecular weight excluding hydrogens is 196 g/mol. The zero-order chi connectivity index (χ0) is 12.2. The summed E-state index contributed by atoms with van der Waals surface area (Å²) >= 11 is 0. The molecule has 1 fully saturated rings. The molecule has 0 saturated carbocycles. The van der Waals surface area contributed by atoms with Crippen LogP contribution in [0.5, 0.6) is 0 Å². The van der Waals surface area contributed by atoms with Crippen molar-refractivity contribution in [3.8, 4) is 0 Å². The molecule has 1 heterocycles. The van der Waals surface area contributed by atoms with Crippen LogP contribution < -0.4 is 5.32 Å². The van der Waals surface area contributed by atoms with Crippen molar-refractivity contribution >= 4 is 0 Å². The Kier molecular flexibility index (Phi) is 5.00. The van der Waals surface area contributed by atoms with Crippen molar-refractivity contribution < 1.29 is 0 Å². The van der Waals surface area contributed by atoms with Crippen molar-refractivity contribution in [1.29, 1.82) is 0 Å². The average molecular weight is 224 g/mol. The Hall–Kier alpha value is -0.340. The fraction of sp³-hybridized carbons (Fsp3) is 0.857. The Bertz CT molecular complexity index is 221. The molecule has 1 saturated heterocycles. The third-order valence-corrected chi connectivity index (χ3v) is 4.36. The van der Waals surface area contributed by atoms with E-state index in [0.717, 1.165) is 13.1 Å². The number of hydrogen-bond donors (Lipinski definition) is 1. The van der Waals surface area contributed by atoms with E-state index in [1.807, 2.05) is 0 Å². The van der Waals surface area contributed by atoms with Gasteiger partial charge in [-0.25, -0.2) is 0 Å². The summed E-state index contributed by atoms with van der Waals surface area (Å²) in [5.41, 5.74) is 0.322. The molecule has 0 aromatic carbocycles. The van der Waals surface area contributed by atoms with Crippen LogP contribution in [0.2, 0.25) is 0 Å². The molecule has 94 valence electrons. The summed E-state index contributed by atoms with van der Waals surface area (Å²) in [4.78, 5) is 2.62. The number of hydrogen-bond acceptors (Lipinski definition) is 2. The van der Waals surface area contributed by atoms with E-state index < -0.39 is 0 Å². The van der Waals surface area contributed by atoms with Gasteiger partial charge in [0.25, 0.3) is 0 Å². The number of piperazine rings is 1. The van der Waals surface area contributed by atoms with Gasteiger partial charge < -0.3 is 5.32 Å². The van der Waals surface area contributed by atoms with Crippen LogP contribution in [0.1, 0.15) is 47.0 Å². The number of nitrogens with one attached hydrogen (secondary N) is 1. The minimum absolute atomic E-state index is 0.322. The molecule has 1 rings (SSSR count). The second-order valence-electron chi connectivity index (χ2n) is 5.08. The molecule has 2 heteroatoms. The predicted molar refractivity (Wildman–Crippen MR) is 71.8 cm³/mol. The summed E-state index contributed by atoms with van der Waals surface area (Å²) < 4.78 is 0. The Morgan fingerprint density at radius 1 is 1.44 bits per heavy atom. The zero-order valence-electron chi connectivity index (χ0n) is 11.4. The molecule has 2 nitrogen and oxygen atoms in total. The van der Waals surface area contributed by atoms with Crippen molar-refractivity contribution in [2.75, 3.05) is 13.1 Å². The molecule has 0 aromatic rings. The lowest BCUT2D eigenvalue weighted by Crippen LogP contribution is -2.65. The smallest absolute Gasteiger partial charge is 0.0304 e. The monoisotopic (exact) mass is 224 g/mol. The van der Waals surface area contributed by atoms with Gasteiger partial charge >= 0.3 is 0 Å². The van der Waals surface area contributed by atoms with E-state index in [1.165, 1.54) is 19.3 Å². The van der Waals surface area contributed by atoms with E-state index in [4.69, 9.17) is 0 Å². The SMILES string of the molecule is C=CC(C)N1CC(CC)(CC)NCC1CC. The first-order valence-corrected chi connectivity index (χ1v) is 6.75. The molecule has 0 radical (unpaired) electrons. The van der Waals surface area contributed by atoms with Gasteiger partial charge in [-0.3, -0.25) is 4.90 Å². The lowest BCUT2D eigenvalue weighted by atomic mass is 9.87. The zero-order valence-corrected chi connectivity index (χ0v) is 11.4. The summed E-state index contributed by atoms with van der Waals surface area (Å²) in [5, 5.41) is 3.77. The minimum Gasteiger partial charge on any atom is -0.308 e. The quantitative estimate of drug-likeness (QED) is 0.722. The first kappa shape index (κ1) is 13.7. The largest absolute Gasteiger partial charge is 0.308 e. The third-order valence-electron chi connectivity index (χ3n) is 4.36. The lowest BCUT2D eigenvalue weighted by molar-refractivity contribution is 0.0548. The van der Waals surface area contributed by atoms with Crippen LogP contribution >= 0.6 is 0 Å². The van der Waals surface area contributed by atoms with E-state index in [2.05, 4.69) is 50.6 Å². The van der Waals surface area contributed by atoms with Gasteiger partial charge in [0.15, 0.2) is 0 Å². The summed E-state index contributed by atoms with van der Waals surface area (Å²) in [6, 6.07) is 1.16. The highest BCUT2D eigenvalue weighted by molar-refractivity contribution is 5.00. The molecule has 0 bridgehead atoms. The van der Waals surface area contributed by atoms with Crippen molar-refractivity contribution in [2.24, 2.45) is 0 Å². The van der Waals surface area contributed by atoms with E-state index in [-0.39, 0.29) is 0 Å². The Labute approximate surface area is 101 Å². The van der Waals surface area contributed by atoms with Gasteiger partial charge in [0.2, 0.25) is 0 Å². The minimum atomic E-state index is 0.322. The van der Waals surface area contributed by atoms with Crippen molar-refractivity contribution in [3.63, 3.8) is 0 Å². The Morgan fingerprint density at radius 2 is 2.06 bits per heavy atom. The van der Waals surface area contributed by atoms with Crippen LogP contribution in [0.25, 0.3) is 0 Å². The molecule has 0 aliphatic carbocycles. The van der Waals surface area contributed by atoms with Gasteiger partial charge in [0, 0.05) is 30.7 Å². The Balaban J connectivity index is 2.79. The van der Waals surface area contributed by atoms with Gasteiger partial charge in [-0.15, -0.1) is 6.58 Å². The van der Waals surface area contributed by atoms with Crippen LogP contribution in [0.4, 0.5) is 0 Å². The maximum absolute atomic E-state index is 3.94. The summed E-state index contributed by atoms with van der Waals surface area (Å²) in [7, 11) is 0. The third kappa shape index (κ3) is 2.67. The first-order valence-electron chi connectivity index (χ1n) is 6.75. The van der Waals surface area contributed by atoms with Gasteiger partial charge in [0.05, 0.1) is 0 Å². The Morgan fingerprint density at radius 3 is 2.50 bits per heavy atom. The van der Waals surface area contributed by atoms with Crippen molar-refractivity contribution in [3.05, 3.63) is 12.7 Å². The van der Waals surface area contributed by atoms with Crippen molar-refractivity contribution in [2.45, 2.75) is 64.6 Å². The summed E-state index contributed by atoms with van der Waals surface area (Å²) in [5.74, 6) is 0. The van der Waals surface area contributed by atoms with Crippen LogP contribution in [0.15, 0.2) is 12.7 Å². The molecule has 2 atom stereocenters. The average Bonchev–Trinajstić information content (AvgIpc) is 2.37. The fourth-order valence-corrected chi connectivity index (χ4v) is 2.70. The predicted octanol–water partition coefficient (Wildman–Crippen LogP) is 2.80. The first-order chi connectivity index (χ1) is 7.62. The summed E-state index contributed by atoms with van der Waals surface area (Å²) in [6.07, 6.45) is 5.71. The highest BCUT2D eigenvalue weighted by Gasteiger charge is 2.37. The van der Waals surface area contributed by atoms with E-state index in [9.17, 15) is 0 Å². The molecule has 16 heavy (non-hydrogen) atoms. The highest BCUT2D eigenvalue weighted by Crippen LogP contribution is 2.25. The van der Waals surface area contributed by atoms with Crippen LogP contribution in [0.3, 0.4) is 0 Å². The number of nitrogens with zero attached hydrogens (tertiary/aromatic N) is 1. The fourth-order valence-electron chi connectivity index (χ4n) is 2.70. The molecule has 0 spiro atoms. The second-order valence-corrected chi connectivity index (χ2v) is 5.08. The van der Waals surface area contributed by atoms with Gasteiger partial charge in [-0.1, -0.05) is 26.8 Å². The molecule has 2 unspecified atom stereocenters. The van der Waals surface area contributed by atoms with Crippen LogP contribution in [-0.2, 0) is 0 Å². The van der Waals surface area contributed by atoms with Crippen LogP contribution in [0, 0.1) is 0 Å². The second kappa shape index (κ2) is 5.83. The topological polar surface area (TPSA) is 15.3 Å². The molecule has 0 aromatic heterocycles. The van der Waals surface area contributed by atoms with E-state index >= 15 is 0 Å². The molecule has 1 N–H and O–H groups in total. The molecule has 1 aliphatic rings. The van der Waals surface area contributed by atoms with Gasteiger partial charge in [-0.2, -0.15) is 0 Å². The van der Waals surface area contributed by atoms with E-state index in [1.54, 1.807) is 0 Å². The highest BCUT2D eigenvalue weighted by atomic mass is 15.3. The van der Waals surface area contributed by atoms with Crippen LogP contribution in [-0.4, -0.2) is 35.6 Å². The maximum Gasteiger partial charge on any atom is 0.0304 e. The normalized spacial score (nSPS) is 27.6. The molecular formula is C14H28N2. The maximum atomic E-state index is 3.94. The van der Waals surface area contributed by atoms with Gasteiger partial charge in [-0.05, 0) is 26.2 Å². The molecule has 0 amide bonds. The standard InChI is InChI=1S/C14H28N2/c1-6-12(5)16-11-14(8-3,9-4)15-10-13(16)7-2/h6,12-13,15H,1,7-11H2,2-5H3. The summed E-state index contributed by atoms with van der Waals surface area (Å²) in [6.45, 7) is 15.3. The van der Waals surface area contributed by atoms with E-state index in [0.29, 0.717) is 17.6 Å². The molecule has 1 aliphatic heterocycles. The van der Waals surface area contributed by atoms with Gasteiger partial charge in [0.1, 0.15) is 0 Å².